The molecule has 0 atom stereocenters. The standard InChI is InChI=1S/C27H28N6O3/c1-2-25(34)30-20-9-6-10-21(16-20)33-23-12-11-18(17-28-19-7-4-3-5-8-19)15-22(23)31-27(33)32-26(35)24-13-14-29-36-24/h2,6,9-16,19,28H,1,3-5,7-8,17H2,(H,30,34)(H,31,32,35). The molecule has 5 rings (SSSR count). The summed E-state index contributed by atoms with van der Waals surface area (Å²) < 4.78 is 6.85. The molecular formula is C27H28N6O3. The Morgan fingerprint density at radius 3 is 2.72 bits per heavy atom. The first-order valence-electron chi connectivity index (χ1n) is 12.1. The van der Waals surface area contributed by atoms with Crippen LogP contribution in [0.25, 0.3) is 16.7 Å². The Labute approximate surface area is 208 Å². The van der Waals surface area contributed by atoms with Gasteiger partial charge in [0.15, 0.2) is 0 Å². The minimum absolute atomic E-state index is 0.0815. The Hall–Kier alpha value is -4.24. The average Bonchev–Trinajstić information content (AvgIpc) is 3.56. The summed E-state index contributed by atoms with van der Waals surface area (Å²) in [6.07, 6.45) is 8.94. The maximum Gasteiger partial charge on any atom is 0.296 e. The van der Waals surface area contributed by atoms with E-state index in [1.165, 1.54) is 50.4 Å². The van der Waals surface area contributed by atoms with Gasteiger partial charge in [-0.3, -0.25) is 19.5 Å². The summed E-state index contributed by atoms with van der Waals surface area (Å²) in [5, 5.41) is 12.9. The van der Waals surface area contributed by atoms with E-state index < -0.39 is 5.91 Å². The molecule has 0 unspecified atom stereocenters. The van der Waals surface area contributed by atoms with Crippen LogP contribution in [-0.4, -0.2) is 32.6 Å². The predicted octanol–water partition coefficient (Wildman–Crippen LogP) is 4.81. The van der Waals surface area contributed by atoms with Crippen LogP contribution in [0.4, 0.5) is 11.6 Å². The Bertz CT molecular complexity index is 1390. The molecule has 4 aromatic rings. The molecule has 3 N–H and O–H groups in total. The summed E-state index contributed by atoms with van der Waals surface area (Å²) in [5.74, 6) is -0.357. The van der Waals surface area contributed by atoms with E-state index in [0.717, 1.165) is 28.8 Å². The largest absolute Gasteiger partial charge is 0.351 e. The van der Waals surface area contributed by atoms with Crippen LogP contribution in [0.5, 0.6) is 0 Å². The molecule has 0 spiro atoms. The summed E-state index contributed by atoms with van der Waals surface area (Å²) in [5.41, 5.74) is 4.00. The van der Waals surface area contributed by atoms with Gasteiger partial charge in [0, 0.05) is 24.3 Å². The second kappa shape index (κ2) is 10.6. The van der Waals surface area contributed by atoms with Crippen LogP contribution in [0.2, 0.25) is 0 Å². The number of benzene rings is 2. The lowest BCUT2D eigenvalue weighted by molar-refractivity contribution is -0.111. The van der Waals surface area contributed by atoms with Crippen LogP contribution < -0.4 is 16.0 Å². The molecular weight excluding hydrogens is 456 g/mol. The summed E-state index contributed by atoms with van der Waals surface area (Å²) in [6, 6.07) is 15.4. The highest BCUT2D eigenvalue weighted by atomic mass is 16.5. The SMILES string of the molecule is C=CC(=O)Nc1cccc(-n2c(NC(=O)c3ccno3)nc3cc(CNC4CCCCC4)ccc32)c1. The number of hydrogen-bond acceptors (Lipinski definition) is 6. The van der Waals surface area contributed by atoms with Crippen molar-refractivity contribution in [1.82, 2.24) is 20.0 Å². The van der Waals surface area contributed by atoms with E-state index in [2.05, 4.69) is 33.8 Å². The van der Waals surface area contributed by atoms with Crippen molar-refractivity contribution in [3.05, 3.63) is 78.7 Å². The van der Waals surface area contributed by atoms with Crippen molar-refractivity contribution in [2.45, 2.75) is 44.7 Å². The maximum absolute atomic E-state index is 12.8. The van der Waals surface area contributed by atoms with E-state index in [1.807, 2.05) is 34.9 Å². The molecule has 0 radical (unpaired) electrons. The molecule has 1 aliphatic rings. The van der Waals surface area contributed by atoms with E-state index in [4.69, 9.17) is 9.51 Å². The topological polar surface area (TPSA) is 114 Å². The van der Waals surface area contributed by atoms with Crippen LogP contribution >= 0.6 is 0 Å². The van der Waals surface area contributed by atoms with Gasteiger partial charge in [0.2, 0.25) is 17.6 Å². The fourth-order valence-corrected chi connectivity index (χ4v) is 4.56. The minimum atomic E-state index is -0.459. The normalized spacial score (nSPS) is 14.0. The lowest BCUT2D eigenvalue weighted by Crippen LogP contribution is -2.30. The van der Waals surface area contributed by atoms with E-state index in [-0.39, 0.29) is 11.7 Å². The van der Waals surface area contributed by atoms with Gasteiger partial charge in [0.1, 0.15) is 0 Å². The van der Waals surface area contributed by atoms with Crippen molar-refractivity contribution in [3.63, 3.8) is 0 Å². The van der Waals surface area contributed by atoms with E-state index in [1.54, 1.807) is 6.07 Å². The van der Waals surface area contributed by atoms with Crippen LogP contribution in [-0.2, 0) is 11.3 Å². The molecule has 1 saturated carbocycles. The summed E-state index contributed by atoms with van der Waals surface area (Å²) in [6.45, 7) is 4.26. The number of rotatable bonds is 8. The molecule has 1 fully saturated rings. The van der Waals surface area contributed by atoms with Crippen LogP contribution in [0.15, 0.2) is 71.9 Å². The zero-order valence-corrected chi connectivity index (χ0v) is 19.9. The van der Waals surface area contributed by atoms with E-state index in [0.29, 0.717) is 17.7 Å². The fourth-order valence-electron chi connectivity index (χ4n) is 4.56. The summed E-state index contributed by atoms with van der Waals surface area (Å²) >= 11 is 0. The number of nitrogens with zero attached hydrogens (tertiary/aromatic N) is 3. The Balaban J connectivity index is 1.49. The number of aromatic nitrogens is 3. The van der Waals surface area contributed by atoms with Gasteiger partial charge in [0.05, 0.1) is 22.9 Å². The van der Waals surface area contributed by atoms with Crippen molar-refractivity contribution in [1.29, 1.82) is 0 Å². The highest BCUT2D eigenvalue weighted by molar-refractivity contribution is 6.02. The quantitative estimate of drug-likeness (QED) is 0.309. The van der Waals surface area contributed by atoms with Gasteiger partial charge in [0.25, 0.3) is 5.91 Å². The van der Waals surface area contributed by atoms with Crippen molar-refractivity contribution >= 4 is 34.5 Å². The van der Waals surface area contributed by atoms with Crippen molar-refractivity contribution in [3.8, 4) is 5.69 Å². The van der Waals surface area contributed by atoms with Gasteiger partial charge in [-0.2, -0.15) is 0 Å². The number of carbonyl (C=O) groups is 2. The highest BCUT2D eigenvalue weighted by Crippen LogP contribution is 2.28. The van der Waals surface area contributed by atoms with Crippen molar-refractivity contribution in [2.75, 3.05) is 10.6 Å². The van der Waals surface area contributed by atoms with Gasteiger partial charge >= 0.3 is 0 Å². The monoisotopic (exact) mass is 484 g/mol. The summed E-state index contributed by atoms with van der Waals surface area (Å²) in [4.78, 5) is 29.3. The summed E-state index contributed by atoms with van der Waals surface area (Å²) in [7, 11) is 0. The molecule has 9 nitrogen and oxygen atoms in total. The van der Waals surface area contributed by atoms with Crippen LogP contribution in [0, 0.1) is 0 Å². The molecule has 0 saturated heterocycles. The second-order valence-electron chi connectivity index (χ2n) is 8.88. The second-order valence-corrected chi connectivity index (χ2v) is 8.88. The smallest absolute Gasteiger partial charge is 0.296 e. The molecule has 0 aliphatic heterocycles. The number of carbonyl (C=O) groups excluding carboxylic acids is 2. The Morgan fingerprint density at radius 1 is 1.08 bits per heavy atom. The van der Waals surface area contributed by atoms with Gasteiger partial charge in [-0.15, -0.1) is 0 Å². The van der Waals surface area contributed by atoms with Crippen LogP contribution in [0.1, 0.15) is 48.2 Å². The molecule has 9 heteroatoms. The van der Waals surface area contributed by atoms with Crippen molar-refractivity contribution < 1.29 is 14.1 Å². The molecule has 184 valence electrons. The van der Waals surface area contributed by atoms with Gasteiger partial charge in [-0.25, -0.2) is 4.98 Å². The molecule has 2 aromatic carbocycles. The Kier molecular flexibility index (Phi) is 6.90. The lowest BCUT2D eigenvalue weighted by Gasteiger charge is -2.22. The maximum atomic E-state index is 12.8. The fraction of sp³-hybridized carbons (Fsp3) is 0.259. The number of anilines is 2. The number of amides is 2. The third kappa shape index (κ3) is 5.21. The third-order valence-corrected chi connectivity index (χ3v) is 6.36. The Morgan fingerprint density at radius 2 is 1.94 bits per heavy atom. The van der Waals surface area contributed by atoms with Gasteiger partial charge in [-0.05, 0) is 54.8 Å². The molecule has 0 bridgehead atoms. The first-order valence-corrected chi connectivity index (χ1v) is 12.1. The number of hydrogen-bond donors (Lipinski definition) is 3. The first-order chi connectivity index (χ1) is 17.6. The molecule has 2 amide bonds. The average molecular weight is 485 g/mol. The third-order valence-electron chi connectivity index (χ3n) is 6.36. The van der Waals surface area contributed by atoms with E-state index >= 15 is 0 Å². The van der Waals surface area contributed by atoms with Crippen LogP contribution in [0.3, 0.4) is 0 Å². The van der Waals surface area contributed by atoms with Gasteiger partial charge in [-0.1, -0.05) is 43.1 Å². The number of imidazole rings is 1. The highest BCUT2D eigenvalue weighted by Gasteiger charge is 2.19. The zero-order valence-electron chi connectivity index (χ0n) is 19.9. The minimum Gasteiger partial charge on any atom is -0.351 e. The first kappa shape index (κ1) is 23.5. The lowest BCUT2D eigenvalue weighted by atomic mass is 9.95. The van der Waals surface area contributed by atoms with Gasteiger partial charge < -0.3 is 15.2 Å². The molecule has 1 aliphatic carbocycles. The van der Waals surface area contributed by atoms with E-state index in [9.17, 15) is 9.59 Å². The number of nitrogens with one attached hydrogen (secondary N) is 3. The molecule has 2 heterocycles. The zero-order chi connectivity index (χ0) is 24.9. The predicted molar refractivity (Wildman–Crippen MR) is 138 cm³/mol. The number of fused-ring (bicyclic) bond motifs is 1. The molecule has 2 aromatic heterocycles. The van der Waals surface area contributed by atoms with Crippen molar-refractivity contribution in [2.24, 2.45) is 0 Å². The molecule has 36 heavy (non-hydrogen) atoms.